The molecule has 0 radical (unpaired) electrons. The highest BCUT2D eigenvalue weighted by Crippen LogP contribution is 2.30. The second-order valence-corrected chi connectivity index (χ2v) is 11.8. The number of esters is 3. The lowest BCUT2D eigenvalue weighted by molar-refractivity contribution is -0.214. The molecule has 0 spiro atoms. The highest BCUT2D eigenvalue weighted by molar-refractivity contribution is 5.82. The standard InChI is InChI=1S/C27H40FN3O10/c1-25(2,3)39-18(32)10-13-35-16-17-22(36-14-11-19(33)40-26(4,5)6)23(21(28)24(38-17)30-31-29)37-15-12-20(34)41-27(7,8)9/h10-15,17,21-24H,16H2,1-9H3/b13-10+,14-11+,15-12+/t17-,21-,22-,23-,24-/m1/s1. The summed E-state index contributed by atoms with van der Waals surface area (Å²) < 4.78 is 52.9. The third-order valence-corrected chi connectivity index (χ3v) is 4.42. The number of hydrogen-bond donors (Lipinski definition) is 0. The molecule has 1 heterocycles. The predicted molar refractivity (Wildman–Crippen MR) is 143 cm³/mol. The number of nitrogens with zero attached hydrogens (tertiary/aromatic N) is 3. The van der Waals surface area contributed by atoms with Gasteiger partial charge in [0, 0.05) is 4.91 Å². The van der Waals surface area contributed by atoms with Crippen LogP contribution in [0.15, 0.2) is 42.1 Å². The van der Waals surface area contributed by atoms with E-state index in [2.05, 4.69) is 10.0 Å². The van der Waals surface area contributed by atoms with Crippen LogP contribution < -0.4 is 0 Å². The summed E-state index contributed by atoms with van der Waals surface area (Å²) in [5, 5.41) is 3.33. The van der Waals surface area contributed by atoms with Crippen molar-refractivity contribution in [1.29, 1.82) is 0 Å². The molecule has 1 fully saturated rings. The topological polar surface area (TPSA) is 165 Å². The Hall–Kier alpha value is -3.77. The lowest BCUT2D eigenvalue weighted by Gasteiger charge is -2.40. The van der Waals surface area contributed by atoms with Gasteiger partial charge in [-0.15, -0.1) is 0 Å². The monoisotopic (exact) mass is 585 g/mol. The van der Waals surface area contributed by atoms with E-state index in [1.54, 1.807) is 62.3 Å². The number of rotatable bonds is 11. The SMILES string of the molecule is CC(C)(C)OC(=O)/C=C/OC[C@H]1O[C@@H](N=[N+]=[N-])[C@H](F)[C@@H](O/C=C/C(=O)OC(C)(C)C)[C@@H]1O/C=C/C(=O)OC(C)(C)C. The van der Waals surface area contributed by atoms with Gasteiger partial charge in [0.1, 0.15) is 29.5 Å². The van der Waals surface area contributed by atoms with E-state index in [9.17, 15) is 14.4 Å². The largest absolute Gasteiger partial charge is 0.498 e. The Morgan fingerprint density at radius 2 is 1.20 bits per heavy atom. The molecule has 1 saturated heterocycles. The van der Waals surface area contributed by atoms with E-state index in [1.807, 2.05) is 0 Å². The molecule has 1 aliphatic heterocycles. The van der Waals surface area contributed by atoms with E-state index in [1.165, 1.54) is 0 Å². The first-order valence-corrected chi connectivity index (χ1v) is 12.8. The summed E-state index contributed by atoms with van der Waals surface area (Å²) in [5.74, 6) is -2.14. The Balaban J connectivity index is 3.19. The Labute approximate surface area is 239 Å². The van der Waals surface area contributed by atoms with Crippen LogP contribution in [0.25, 0.3) is 10.4 Å². The molecule has 5 atom stereocenters. The average molecular weight is 586 g/mol. The van der Waals surface area contributed by atoms with Crippen molar-refractivity contribution in [3.63, 3.8) is 0 Å². The first-order valence-electron chi connectivity index (χ1n) is 12.8. The highest BCUT2D eigenvalue weighted by atomic mass is 19.1. The quantitative estimate of drug-likeness (QED) is 0.0630. The van der Waals surface area contributed by atoms with Gasteiger partial charge in [0.25, 0.3) is 0 Å². The van der Waals surface area contributed by atoms with E-state index in [0.717, 1.165) is 37.0 Å². The second-order valence-electron chi connectivity index (χ2n) is 11.8. The van der Waals surface area contributed by atoms with Gasteiger partial charge in [-0.05, 0) is 67.8 Å². The van der Waals surface area contributed by atoms with Crippen LogP contribution >= 0.6 is 0 Å². The maximum Gasteiger partial charge on any atom is 0.334 e. The number of carbonyl (C=O) groups excluding carboxylic acids is 3. The number of azide groups is 1. The Morgan fingerprint density at radius 1 is 0.780 bits per heavy atom. The van der Waals surface area contributed by atoms with Crippen LogP contribution in [0.4, 0.5) is 4.39 Å². The van der Waals surface area contributed by atoms with Crippen LogP contribution in [-0.4, -0.2) is 72.0 Å². The van der Waals surface area contributed by atoms with E-state index in [0.29, 0.717) is 0 Å². The number of alkyl halides is 1. The Bertz CT molecular complexity index is 1030. The molecule has 0 aliphatic carbocycles. The van der Waals surface area contributed by atoms with Crippen molar-refractivity contribution in [2.45, 2.75) is 110 Å². The Morgan fingerprint density at radius 3 is 1.61 bits per heavy atom. The zero-order valence-electron chi connectivity index (χ0n) is 24.9. The number of ether oxygens (including phenoxy) is 7. The fourth-order valence-corrected chi connectivity index (χ4v) is 3.11. The van der Waals surface area contributed by atoms with Gasteiger partial charge >= 0.3 is 17.9 Å². The van der Waals surface area contributed by atoms with Gasteiger partial charge < -0.3 is 33.2 Å². The molecule has 0 bridgehead atoms. The predicted octanol–water partition coefficient (Wildman–Crippen LogP) is 4.71. The molecule has 14 heteroatoms. The molecule has 0 amide bonds. The van der Waals surface area contributed by atoms with E-state index in [4.69, 9.17) is 38.7 Å². The maximum absolute atomic E-state index is 15.4. The van der Waals surface area contributed by atoms with Gasteiger partial charge in [0.15, 0.2) is 24.6 Å². The average Bonchev–Trinajstić information content (AvgIpc) is 2.77. The molecule has 230 valence electrons. The summed E-state index contributed by atoms with van der Waals surface area (Å²) in [5.41, 5.74) is 6.64. The molecule has 0 N–H and O–H groups in total. The van der Waals surface area contributed by atoms with Gasteiger partial charge in [-0.2, -0.15) is 0 Å². The summed E-state index contributed by atoms with van der Waals surface area (Å²) in [6, 6.07) is 0. The molecule has 13 nitrogen and oxygen atoms in total. The minimum absolute atomic E-state index is 0.329. The summed E-state index contributed by atoms with van der Waals surface area (Å²) in [6.45, 7) is 14.8. The summed E-state index contributed by atoms with van der Waals surface area (Å²) in [6.07, 6.45) is -1.79. The third kappa shape index (κ3) is 15.0. The lowest BCUT2D eigenvalue weighted by Crippen LogP contribution is -2.57. The van der Waals surface area contributed by atoms with Crippen molar-refractivity contribution in [3.8, 4) is 0 Å². The van der Waals surface area contributed by atoms with Crippen LogP contribution in [0.3, 0.4) is 0 Å². The third-order valence-electron chi connectivity index (χ3n) is 4.42. The van der Waals surface area contributed by atoms with E-state index in [-0.39, 0.29) is 6.61 Å². The van der Waals surface area contributed by atoms with E-state index < -0.39 is 65.4 Å². The van der Waals surface area contributed by atoms with Gasteiger partial charge in [-0.3, -0.25) is 0 Å². The fourth-order valence-electron chi connectivity index (χ4n) is 3.11. The van der Waals surface area contributed by atoms with Gasteiger partial charge in [0.2, 0.25) is 0 Å². The first kappa shape index (κ1) is 35.3. The van der Waals surface area contributed by atoms with Crippen molar-refractivity contribution in [3.05, 3.63) is 47.5 Å². The molecule has 0 aromatic carbocycles. The molecule has 0 aromatic heterocycles. The molecular weight excluding hydrogens is 545 g/mol. The normalized spacial score (nSPS) is 23.6. The van der Waals surface area contributed by atoms with Crippen molar-refractivity contribution < 1.29 is 51.9 Å². The van der Waals surface area contributed by atoms with Crippen molar-refractivity contribution >= 4 is 17.9 Å². The molecular formula is C27H40FN3O10. The molecule has 0 unspecified atom stereocenters. The number of carbonyl (C=O) groups is 3. The van der Waals surface area contributed by atoms with Crippen LogP contribution in [0.5, 0.6) is 0 Å². The molecule has 41 heavy (non-hydrogen) atoms. The molecule has 0 aromatic rings. The zero-order valence-corrected chi connectivity index (χ0v) is 24.9. The first-order chi connectivity index (χ1) is 18.8. The summed E-state index contributed by atoms with van der Waals surface area (Å²) in [4.78, 5) is 38.6. The minimum Gasteiger partial charge on any atom is -0.498 e. The number of hydrogen-bond acceptors (Lipinski definition) is 11. The second kappa shape index (κ2) is 15.3. The zero-order chi connectivity index (χ0) is 31.4. The maximum atomic E-state index is 15.4. The van der Waals surface area contributed by atoms with Gasteiger partial charge in [-0.25, -0.2) is 18.8 Å². The van der Waals surface area contributed by atoms with Gasteiger partial charge in [-0.1, -0.05) is 5.11 Å². The van der Waals surface area contributed by atoms with Crippen molar-refractivity contribution in [2.75, 3.05) is 6.61 Å². The van der Waals surface area contributed by atoms with Crippen LogP contribution in [-0.2, 0) is 47.5 Å². The van der Waals surface area contributed by atoms with Crippen LogP contribution in [0.2, 0.25) is 0 Å². The molecule has 0 saturated carbocycles. The minimum atomic E-state index is -2.07. The van der Waals surface area contributed by atoms with Gasteiger partial charge in [0.05, 0.1) is 37.0 Å². The molecule has 1 rings (SSSR count). The van der Waals surface area contributed by atoms with Crippen molar-refractivity contribution in [1.82, 2.24) is 0 Å². The molecule has 1 aliphatic rings. The lowest BCUT2D eigenvalue weighted by atomic mass is 9.99. The fraction of sp³-hybridized carbons (Fsp3) is 0.667. The summed E-state index contributed by atoms with van der Waals surface area (Å²) in [7, 11) is 0. The van der Waals surface area contributed by atoms with Crippen molar-refractivity contribution in [2.24, 2.45) is 5.11 Å². The van der Waals surface area contributed by atoms with Crippen LogP contribution in [0.1, 0.15) is 62.3 Å². The smallest absolute Gasteiger partial charge is 0.334 e. The summed E-state index contributed by atoms with van der Waals surface area (Å²) >= 11 is 0. The van der Waals surface area contributed by atoms with E-state index >= 15 is 4.39 Å². The Kier molecular flexibility index (Phi) is 13.1. The highest BCUT2D eigenvalue weighted by Gasteiger charge is 2.49. The van der Waals surface area contributed by atoms with Crippen LogP contribution in [0, 0.1) is 0 Å². The number of halogens is 1.